The Labute approximate surface area is 223 Å². The molecule has 7 nitrogen and oxygen atoms in total. The van der Waals surface area contributed by atoms with Crippen LogP contribution in [0, 0.1) is 17.3 Å². The summed E-state index contributed by atoms with van der Waals surface area (Å²) in [6.07, 6.45) is -0.345. The van der Waals surface area contributed by atoms with Crippen LogP contribution >= 0.6 is 0 Å². The van der Waals surface area contributed by atoms with Crippen LogP contribution in [0.15, 0.2) is 66.7 Å². The van der Waals surface area contributed by atoms with Gasteiger partial charge in [-0.15, -0.1) is 0 Å². The molecule has 2 aromatic carbocycles. The fourth-order valence-electron chi connectivity index (χ4n) is 7.01. The van der Waals surface area contributed by atoms with E-state index in [0.29, 0.717) is 18.4 Å². The summed E-state index contributed by atoms with van der Waals surface area (Å²) < 4.78 is 18.9. The van der Waals surface area contributed by atoms with Crippen LogP contribution in [0.1, 0.15) is 56.5 Å². The first-order chi connectivity index (χ1) is 18.0. The van der Waals surface area contributed by atoms with Gasteiger partial charge in [-0.25, -0.2) is 9.59 Å². The molecule has 0 radical (unpaired) electrons. The normalized spacial score (nSPS) is 37.4. The van der Waals surface area contributed by atoms with Gasteiger partial charge in [-0.1, -0.05) is 55.5 Å². The fourth-order valence-corrected chi connectivity index (χ4v) is 7.01. The number of rotatable bonds is 5. The maximum Gasteiger partial charge on any atom is 0.338 e. The van der Waals surface area contributed by atoms with Crippen molar-refractivity contribution in [1.29, 1.82) is 0 Å². The smallest absolute Gasteiger partial charge is 0.338 e. The van der Waals surface area contributed by atoms with E-state index in [-0.39, 0.29) is 5.92 Å². The molecule has 38 heavy (non-hydrogen) atoms. The molecular weight excluding hydrogens is 484 g/mol. The molecule has 2 N–H and O–H groups in total. The Hall–Kier alpha value is -3.00. The van der Waals surface area contributed by atoms with E-state index in [1.165, 1.54) is 6.08 Å². The van der Waals surface area contributed by atoms with Crippen LogP contribution < -0.4 is 0 Å². The number of carbonyl (C=O) groups is 2. The Kier molecular flexibility index (Phi) is 6.74. The maximum atomic E-state index is 13.2. The third-order valence-electron chi connectivity index (χ3n) is 9.27. The van der Waals surface area contributed by atoms with Crippen LogP contribution in [0.4, 0.5) is 0 Å². The van der Waals surface area contributed by atoms with Gasteiger partial charge in [-0.05, 0) is 63.3 Å². The van der Waals surface area contributed by atoms with E-state index >= 15 is 0 Å². The molecule has 1 heterocycles. The first-order valence-corrected chi connectivity index (χ1v) is 13.3. The third-order valence-corrected chi connectivity index (χ3v) is 9.27. The van der Waals surface area contributed by atoms with Crippen LogP contribution in [0.25, 0.3) is 6.08 Å². The highest BCUT2D eigenvalue weighted by Gasteiger charge is 2.76. The predicted octanol–water partition coefficient (Wildman–Crippen LogP) is 4.17. The minimum Gasteiger partial charge on any atom is -0.458 e. The lowest BCUT2D eigenvalue weighted by atomic mass is 9.49. The number of carbonyl (C=O) groups excluding carboxylic acids is 2. The number of aliphatic hydroxyl groups excluding tert-OH is 2. The Morgan fingerprint density at radius 3 is 2.24 bits per heavy atom. The van der Waals surface area contributed by atoms with Gasteiger partial charge in [0.05, 0.1) is 28.3 Å². The molecule has 1 spiro atoms. The van der Waals surface area contributed by atoms with Crippen molar-refractivity contribution < 1.29 is 34.0 Å². The standard InChI is InChI=1S/C31H36O7/c1-19-25(33)26(34)27(37-28(35)21-13-9-6-10-14-21)30(4)23(17-22-18-31(19,30)38-29(22,2)3)36-24(32)16-15-20-11-7-5-8-12-20/h5-16,19,22-23,25-27,33-34H,17-18H2,1-4H3/t19-,22-,23+,25-,26-,27+,30-,31+/m1/s1. The van der Waals surface area contributed by atoms with Crippen molar-refractivity contribution in [3.8, 4) is 0 Å². The number of hydrogen-bond acceptors (Lipinski definition) is 7. The summed E-state index contributed by atoms with van der Waals surface area (Å²) in [6.45, 7) is 7.71. The second-order valence-corrected chi connectivity index (χ2v) is 11.6. The molecule has 2 bridgehead atoms. The summed E-state index contributed by atoms with van der Waals surface area (Å²) >= 11 is 0. The molecule has 0 aromatic heterocycles. The quantitative estimate of drug-likeness (QED) is 0.451. The molecule has 8 atom stereocenters. The van der Waals surface area contributed by atoms with Crippen LogP contribution in [0.5, 0.6) is 0 Å². The van der Waals surface area contributed by atoms with Crippen LogP contribution in [-0.4, -0.2) is 57.8 Å². The van der Waals surface area contributed by atoms with E-state index in [1.807, 2.05) is 58.0 Å². The molecule has 0 unspecified atom stereocenters. The van der Waals surface area contributed by atoms with E-state index in [0.717, 1.165) is 5.56 Å². The first-order valence-electron chi connectivity index (χ1n) is 13.3. The summed E-state index contributed by atoms with van der Waals surface area (Å²) in [5.41, 5.74) is -1.50. The first kappa shape index (κ1) is 26.6. The van der Waals surface area contributed by atoms with Gasteiger partial charge >= 0.3 is 11.9 Å². The van der Waals surface area contributed by atoms with Crippen molar-refractivity contribution in [3.05, 3.63) is 77.9 Å². The summed E-state index contributed by atoms with van der Waals surface area (Å²) in [5.74, 6) is -1.61. The molecule has 0 amide bonds. The van der Waals surface area contributed by atoms with Gasteiger partial charge in [0, 0.05) is 12.0 Å². The fraction of sp³-hybridized carbons (Fsp3) is 0.484. The topological polar surface area (TPSA) is 102 Å². The Balaban J connectivity index is 1.53. The van der Waals surface area contributed by atoms with E-state index in [9.17, 15) is 19.8 Å². The highest BCUT2D eigenvalue weighted by molar-refractivity contribution is 5.89. The number of esters is 2. The summed E-state index contributed by atoms with van der Waals surface area (Å²) in [6, 6.07) is 18.0. The summed E-state index contributed by atoms with van der Waals surface area (Å²) in [5, 5.41) is 22.5. The van der Waals surface area contributed by atoms with E-state index in [4.69, 9.17) is 14.2 Å². The van der Waals surface area contributed by atoms with Crippen molar-refractivity contribution in [2.24, 2.45) is 17.3 Å². The second-order valence-electron chi connectivity index (χ2n) is 11.6. The van der Waals surface area contributed by atoms with Crippen molar-refractivity contribution in [3.63, 3.8) is 0 Å². The lowest BCUT2D eigenvalue weighted by Crippen LogP contribution is -2.75. The zero-order valence-corrected chi connectivity index (χ0v) is 22.2. The van der Waals surface area contributed by atoms with Crippen molar-refractivity contribution in [2.45, 2.75) is 76.2 Å². The molecule has 3 fully saturated rings. The summed E-state index contributed by atoms with van der Waals surface area (Å²) in [7, 11) is 0. The molecule has 2 aromatic rings. The average Bonchev–Trinajstić information content (AvgIpc) is 3.16. The van der Waals surface area contributed by atoms with Gasteiger partial charge in [0.15, 0.2) is 0 Å². The molecule has 1 aliphatic heterocycles. The monoisotopic (exact) mass is 520 g/mol. The van der Waals surface area contributed by atoms with Crippen LogP contribution in [0.3, 0.4) is 0 Å². The second kappa shape index (κ2) is 9.63. The number of benzene rings is 2. The number of ether oxygens (including phenoxy) is 3. The molecule has 202 valence electrons. The lowest BCUT2D eigenvalue weighted by Gasteiger charge is -2.62. The molecule has 7 heteroatoms. The Morgan fingerprint density at radius 2 is 1.58 bits per heavy atom. The van der Waals surface area contributed by atoms with E-state index in [2.05, 4.69) is 0 Å². The van der Waals surface area contributed by atoms with Crippen molar-refractivity contribution >= 4 is 18.0 Å². The zero-order valence-electron chi connectivity index (χ0n) is 22.2. The number of fused-ring (bicyclic) bond motifs is 1. The molecule has 3 aliphatic rings. The Bertz CT molecular complexity index is 1210. The van der Waals surface area contributed by atoms with E-state index < -0.39 is 58.9 Å². The molecular formula is C31H36O7. The minimum absolute atomic E-state index is 0.0434. The van der Waals surface area contributed by atoms with Crippen LogP contribution in [0.2, 0.25) is 0 Å². The largest absolute Gasteiger partial charge is 0.458 e. The average molecular weight is 521 g/mol. The number of aliphatic hydroxyl groups is 2. The Morgan fingerprint density at radius 1 is 0.947 bits per heavy atom. The molecule has 1 saturated heterocycles. The van der Waals surface area contributed by atoms with Crippen molar-refractivity contribution in [1.82, 2.24) is 0 Å². The van der Waals surface area contributed by atoms with E-state index in [1.54, 1.807) is 36.4 Å². The molecule has 2 aliphatic carbocycles. The van der Waals surface area contributed by atoms with Gasteiger partial charge in [-0.2, -0.15) is 0 Å². The van der Waals surface area contributed by atoms with Gasteiger partial charge in [-0.3, -0.25) is 0 Å². The third kappa shape index (κ3) is 4.17. The highest BCUT2D eigenvalue weighted by atomic mass is 16.6. The lowest BCUT2D eigenvalue weighted by molar-refractivity contribution is -0.302. The molecule has 2 saturated carbocycles. The number of hydrogen-bond donors (Lipinski definition) is 2. The maximum absolute atomic E-state index is 13.2. The highest BCUT2D eigenvalue weighted by Crippen LogP contribution is 2.66. The van der Waals surface area contributed by atoms with Gasteiger partial charge in [0.1, 0.15) is 18.3 Å². The SMILES string of the molecule is C[C@@H]1[C@@H](O)[C@@H](O)[C@H](OC(=O)c2ccccc2)[C@@]2(C)[C@@H](OC(=O)C=Cc3ccccc3)C[C@@H]3C[C@]12OC3(C)C. The summed E-state index contributed by atoms with van der Waals surface area (Å²) in [4.78, 5) is 26.3. The molecule has 5 rings (SSSR count). The van der Waals surface area contributed by atoms with Gasteiger partial charge in [0.2, 0.25) is 0 Å². The minimum atomic E-state index is -1.39. The zero-order chi connectivity index (χ0) is 27.3. The van der Waals surface area contributed by atoms with Crippen LogP contribution in [-0.2, 0) is 19.0 Å². The van der Waals surface area contributed by atoms with Gasteiger partial charge in [0.25, 0.3) is 0 Å². The van der Waals surface area contributed by atoms with Gasteiger partial charge < -0.3 is 24.4 Å². The predicted molar refractivity (Wildman–Crippen MR) is 141 cm³/mol. The van der Waals surface area contributed by atoms with Crippen molar-refractivity contribution in [2.75, 3.05) is 0 Å².